The molecule has 0 unspecified atom stereocenters. The molecule has 8 nitrogen and oxygen atoms in total. The average Bonchev–Trinajstić information content (AvgIpc) is 3.44. The molecular weight excluding hydrogens is 500 g/mol. The molecule has 2 aliphatic rings. The van der Waals surface area contributed by atoms with Crippen molar-refractivity contribution in [3.63, 3.8) is 0 Å². The van der Waals surface area contributed by atoms with Gasteiger partial charge < -0.3 is 19.4 Å². The lowest BCUT2D eigenvalue weighted by molar-refractivity contribution is -0.133. The molecular formula is C29H32N4O4S. The molecule has 1 saturated heterocycles. The molecule has 198 valence electrons. The molecule has 3 heterocycles. The molecule has 5 rings (SSSR count). The lowest BCUT2D eigenvalue weighted by Gasteiger charge is -2.38. The van der Waals surface area contributed by atoms with E-state index in [-0.39, 0.29) is 30.4 Å². The first-order valence-corrected chi connectivity index (χ1v) is 13.9. The zero-order valence-electron chi connectivity index (χ0n) is 21.8. The van der Waals surface area contributed by atoms with E-state index in [2.05, 4.69) is 23.2 Å². The van der Waals surface area contributed by atoms with Gasteiger partial charge in [-0.15, -0.1) is 11.3 Å². The lowest BCUT2D eigenvalue weighted by atomic mass is 9.87. The van der Waals surface area contributed by atoms with Crippen LogP contribution in [0.25, 0.3) is 0 Å². The van der Waals surface area contributed by atoms with E-state index in [0.717, 1.165) is 22.6 Å². The first-order valence-electron chi connectivity index (χ1n) is 13.0. The van der Waals surface area contributed by atoms with Crippen LogP contribution in [0.3, 0.4) is 0 Å². The van der Waals surface area contributed by atoms with E-state index < -0.39 is 0 Å². The van der Waals surface area contributed by atoms with Gasteiger partial charge in [0.2, 0.25) is 11.8 Å². The Hall–Kier alpha value is -3.72. The monoisotopic (exact) mass is 532 g/mol. The van der Waals surface area contributed by atoms with E-state index in [1.54, 1.807) is 22.1 Å². The standard InChI is InChI=1S/C29H32N4O4S/c1-3-27(35)33-12-11-21-9-10-23(17-24(21)28(33)22-7-5-4-6-8-22)37-18-26-30-25(19-38-26)29(36)32-15-13-31(14-16-32)20(2)34/h4-10,17,19,28H,3,11-16,18H2,1-2H3/t28-/m0/s1. The van der Waals surface area contributed by atoms with Gasteiger partial charge in [-0.05, 0) is 35.2 Å². The number of hydrogen-bond donors (Lipinski definition) is 0. The van der Waals surface area contributed by atoms with Gasteiger partial charge in [0.15, 0.2) is 0 Å². The third-order valence-electron chi connectivity index (χ3n) is 7.23. The Morgan fingerprint density at radius 1 is 1.00 bits per heavy atom. The Bertz CT molecular complexity index is 1320. The fraction of sp³-hybridized carbons (Fsp3) is 0.379. The van der Waals surface area contributed by atoms with Gasteiger partial charge in [-0.2, -0.15) is 0 Å². The van der Waals surface area contributed by atoms with Crippen molar-refractivity contribution in [3.8, 4) is 5.75 Å². The minimum absolute atomic E-state index is 0.0344. The highest BCUT2D eigenvalue weighted by molar-refractivity contribution is 7.09. The summed E-state index contributed by atoms with van der Waals surface area (Å²) in [5.41, 5.74) is 3.80. The van der Waals surface area contributed by atoms with Crippen molar-refractivity contribution in [3.05, 3.63) is 81.3 Å². The van der Waals surface area contributed by atoms with Crippen LogP contribution in [-0.4, -0.2) is 70.1 Å². The minimum Gasteiger partial charge on any atom is -0.486 e. The first kappa shape index (κ1) is 25.9. The number of piperazine rings is 1. The SMILES string of the molecule is CCC(=O)N1CCc2ccc(OCc3nc(C(=O)N4CCN(C(C)=O)CC4)cs3)cc2[C@@H]1c1ccccc1. The fourth-order valence-electron chi connectivity index (χ4n) is 5.16. The van der Waals surface area contributed by atoms with Gasteiger partial charge in [-0.3, -0.25) is 14.4 Å². The Kier molecular flexibility index (Phi) is 7.74. The number of amides is 3. The summed E-state index contributed by atoms with van der Waals surface area (Å²) in [5.74, 6) is 0.764. The van der Waals surface area contributed by atoms with E-state index in [4.69, 9.17) is 4.74 Å². The molecule has 0 saturated carbocycles. The highest BCUT2D eigenvalue weighted by Gasteiger charge is 2.31. The summed E-state index contributed by atoms with van der Waals surface area (Å²) in [6, 6.07) is 16.1. The summed E-state index contributed by atoms with van der Waals surface area (Å²) in [6.45, 7) is 6.51. The summed E-state index contributed by atoms with van der Waals surface area (Å²) in [7, 11) is 0. The maximum absolute atomic E-state index is 12.9. The second-order valence-electron chi connectivity index (χ2n) is 9.58. The lowest BCUT2D eigenvalue weighted by Crippen LogP contribution is -2.50. The number of nitrogens with zero attached hydrogens (tertiary/aromatic N) is 4. The number of benzene rings is 2. The molecule has 38 heavy (non-hydrogen) atoms. The van der Waals surface area contributed by atoms with Gasteiger partial charge >= 0.3 is 0 Å². The topological polar surface area (TPSA) is 83.1 Å². The Labute approximate surface area is 226 Å². The number of aromatic nitrogens is 1. The van der Waals surface area contributed by atoms with E-state index in [0.29, 0.717) is 50.6 Å². The molecule has 0 bridgehead atoms. The third-order valence-corrected chi connectivity index (χ3v) is 8.05. The maximum atomic E-state index is 12.9. The molecule has 1 aromatic heterocycles. The average molecular weight is 533 g/mol. The summed E-state index contributed by atoms with van der Waals surface area (Å²) < 4.78 is 6.12. The molecule has 9 heteroatoms. The van der Waals surface area contributed by atoms with Crippen molar-refractivity contribution in [2.75, 3.05) is 32.7 Å². The van der Waals surface area contributed by atoms with Crippen LogP contribution in [0.4, 0.5) is 0 Å². The van der Waals surface area contributed by atoms with E-state index in [1.165, 1.54) is 16.9 Å². The van der Waals surface area contributed by atoms with Crippen LogP contribution < -0.4 is 4.74 Å². The van der Waals surface area contributed by atoms with Crippen LogP contribution in [0.1, 0.15) is 58.5 Å². The van der Waals surface area contributed by atoms with E-state index in [1.807, 2.05) is 42.2 Å². The van der Waals surface area contributed by atoms with Crippen LogP contribution in [0.2, 0.25) is 0 Å². The van der Waals surface area contributed by atoms with Crippen molar-refractivity contribution >= 4 is 29.1 Å². The second kappa shape index (κ2) is 11.3. The number of thiazole rings is 1. The number of fused-ring (bicyclic) bond motifs is 1. The van der Waals surface area contributed by atoms with Crippen LogP contribution >= 0.6 is 11.3 Å². The quantitative estimate of drug-likeness (QED) is 0.481. The van der Waals surface area contributed by atoms with E-state index in [9.17, 15) is 14.4 Å². The molecule has 0 N–H and O–H groups in total. The van der Waals surface area contributed by atoms with Crippen molar-refractivity contribution in [2.24, 2.45) is 0 Å². The highest BCUT2D eigenvalue weighted by atomic mass is 32.1. The minimum atomic E-state index is -0.150. The summed E-state index contributed by atoms with van der Waals surface area (Å²) >= 11 is 1.40. The van der Waals surface area contributed by atoms with Crippen LogP contribution in [0.5, 0.6) is 5.75 Å². The van der Waals surface area contributed by atoms with Gasteiger partial charge in [-0.1, -0.05) is 43.3 Å². The molecule has 0 spiro atoms. The zero-order chi connectivity index (χ0) is 26.6. The van der Waals surface area contributed by atoms with Crippen molar-refractivity contribution < 1.29 is 19.1 Å². The molecule has 3 aromatic rings. The maximum Gasteiger partial charge on any atom is 0.273 e. The molecule has 0 aliphatic carbocycles. The first-order chi connectivity index (χ1) is 18.4. The van der Waals surface area contributed by atoms with Gasteiger partial charge in [0.25, 0.3) is 5.91 Å². The number of hydrogen-bond acceptors (Lipinski definition) is 6. The Balaban J connectivity index is 1.28. The smallest absolute Gasteiger partial charge is 0.273 e. The largest absolute Gasteiger partial charge is 0.486 e. The van der Waals surface area contributed by atoms with Crippen molar-refractivity contribution in [1.29, 1.82) is 0 Å². The fourth-order valence-corrected chi connectivity index (χ4v) is 5.84. The van der Waals surface area contributed by atoms with Crippen molar-refractivity contribution in [2.45, 2.75) is 39.3 Å². The number of rotatable bonds is 6. The van der Waals surface area contributed by atoms with Crippen LogP contribution in [0.15, 0.2) is 53.9 Å². The summed E-state index contributed by atoms with van der Waals surface area (Å²) in [5, 5.41) is 2.49. The van der Waals surface area contributed by atoms with E-state index >= 15 is 0 Å². The summed E-state index contributed by atoms with van der Waals surface area (Å²) in [6.07, 6.45) is 1.27. The predicted octanol–water partition coefficient (Wildman–Crippen LogP) is 3.91. The predicted molar refractivity (Wildman–Crippen MR) is 145 cm³/mol. The summed E-state index contributed by atoms with van der Waals surface area (Å²) in [4.78, 5) is 47.2. The van der Waals surface area contributed by atoms with Crippen LogP contribution in [-0.2, 0) is 22.6 Å². The number of ether oxygens (including phenoxy) is 1. The third kappa shape index (κ3) is 5.43. The van der Waals surface area contributed by atoms with Gasteiger partial charge in [0.05, 0.1) is 6.04 Å². The second-order valence-corrected chi connectivity index (χ2v) is 10.5. The molecule has 0 radical (unpaired) electrons. The molecule has 1 atom stereocenters. The normalized spacial score (nSPS) is 17.2. The van der Waals surface area contributed by atoms with Gasteiger partial charge in [-0.25, -0.2) is 4.98 Å². The molecule has 2 aliphatic heterocycles. The molecule has 3 amide bonds. The number of carbonyl (C=O) groups excluding carboxylic acids is 3. The zero-order valence-corrected chi connectivity index (χ0v) is 22.6. The highest BCUT2D eigenvalue weighted by Crippen LogP contribution is 2.37. The van der Waals surface area contributed by atoms with Gasteiger partial charge in [0, 0.05) is 51.4 Å². The van der Waals surface area contributed by atoms with Gasteiger partial charge in [0.1, 0.15) is 23.1 Å². The number of carbonyl (C=O) groups is 3. The van der Waals surface area contributed by atoms with Crippen molar-refractivity contribution in [1.82, 2.24) is 19.7 Å². The van der Waals surface area contributed by atoms with Crippen LogP contribution in [0, 0.1) is 0 Å². The Morgan fingerprint density at radius 3 is 2.45 bits per heavy atom. The molecule has 2 aromatic carbocycles. The Morgan fingerprint density at radius 2 is 1.74 bits per heavy atom. The molecule has 1 fully saturated rings.